The molecule has 0 radical (unpaired) electrons. The summed E-state index contributed by atoms with van der Waals surface area (Å²) in [6.07, 6.45) is 1.98. The van der Waals surface area contributed by atoms with Gasteiger partial charge in [0.25, 0.3) is 11.8 Å². The molecule has 0 spiro atoms. The van der Waals surface area contributed by atoms with Crippen molar-refractivity contribution >= 4 is 35.0 Å². The summed E-state index contributed by atoms with van der Waals surface area (Å²) in [4.78, 5) is 13.5. The Morgan fingerprint density at radius 2 is 2.10 bits per heavy atom. The molecule has 0 atom stereocenters. The van der Waals surface area contributed by atoms with Crippen molar-refractivity contribution < 1.29 is 9.21 Å². The first-order chi connectivity index (χ1) is 10.3. The third-order valence-corrected chi connectivity index (χ3v) is 4.39. The Labute approximate surface area is 129 Å². The molecule has 0 unspecified atom stereocenters. The van der Waals surface area contributed by atoms with Gasteiger partial charge in [-0.2, -0.15) is 0 Å². The number of hydrogen-bond acceptors (Lipinski definition) is 6. The zero-order valence-corrected chi connectivity index (χ0v) is 12.7. The van der Waals surface area contributed by atoms with Crippen molar-refractivity contribution in [2.45, 2.75) is 4.90 Å². The Balaban J connectivity index is 1.82. The summed E-state index contributed by atoms with van der Waals surface area (Å²) in [6, 6.07) is 11.4. The summed E-state index contributed by atoms with van der Waals surface area (Å²) in [7, 11) is 0. The van der Waals surface area contributed by atoms with Gasteiger partial charge in [0.15, 0.2) is 0 Å². The second kappa shape index (κ2) is 6.11. The second-order valence-electron chi connectivity index (χ2n) is 4.04. The van der Waals surface area contributed by atoms with Crippen molar-refractivity contribution in [2.24, 2.45) is 0 Å². The van der Waals surface area contributed by atoms with E-state index in [0.717, 1.165) is 10.5 Å². The number of carbonyl (C=O) groups is 1. The number of hydrogen-bond donors (Lipinski definition) is 1. The van der Waals surface area contributed by atoms with Crippen molar-refractivity contribution in [3.05, 3.63) is 46.7 Å². The molecule has 0 fully saturated rings. The number of amides is 1. The Hall–Kier alpha value is -2.12. The molecule has 106 valence electrons. The van der Waals surface area contributed by atoms with Crippen LogP contribution in [0.1, 0.15) is 9.67 Å². The fourth-order valence-corrected chi connectivity index (χ4v) is 2.98. The fourth-order valence-electron chi connectivity index (χ4n) is 1.77. The van der Waals surface area contributed by atoms with E-state index in [0.29, 0.717) is 10.8 Å². The third-order valence-electron chi connectivity index (χ3n) is 2.73. The van der Waals surface area contributed by atoms with Crippen molar-refractivity contribution in [2.75, 3.05) is 11.6 Å². The molecule has 3 rings (SSSR count). The van der Waals surface area contributed by atoms with E-state index >= 15 is 0 Å². The van der Waals surface area contributed by atoms with Gasteiger partial charge >= 0.3 is 6.01 Å². The van der Waals surface area contributed by atoms with Crippen LogP contribution in [0.25, 0.3) is 11.5 Å². The lowest BCUT2D eigenvalue weighted by Gasteiger charge is -2.01. The molecule has 21 heavy (non-hydrogen) atoms. The van der Waals surface area contributed by atoms with E-state index in [4.69, 9.17) is 4.42 Å². The van der Waals surface area contributed by atoms with Crippen molar-refractivity contribution in [3.63, 3.8) is 0 Å². The van der Waals surface area contributed by atoms with E-state index in [2.05, 4.69) is 15.5 Å². The van der Waals surface area contributed by atoms with E-state index in [-0.39, 0.29) is 11.9 Å². The predicted octanol–water partition coefficient (Wildman–Crippen LogP) is 3.77. The lowest BCUT2D eigenvalue weighted by molar-refractivity contribution is 0.102. The largest absolute Gasteiger partial charge is 0.403 e. The predicted molar refractivity (Wildman–Crippen MR) is 83.8 cm³/mol. The summed E-state index contributed by atoms with van der Waals surface area (Å²) >= 11 is 2.95. The quantitative estimate of drug-likeness (QED) is 0.742. The molecule has 0 aliphatic carbocycles. The normalized spacial score (nSPS) is 10.5. The van der Waals surface area contributed by atoms with Crippen molar-refractivity contribution in [1.29, 1.82) is 0 Å². The molecular formula is C14H11N3O2S2. The number of carbonyl (C=O) groups excluding carboxylic acids is 1. The van der Waals surface area contributed by atoms with E-state index < -0.39 is 0 Å². The highest BCUT2D eigenvalue weighted by Crippen LogP contribution is 2.29. The van der Waals surface area contributed by atoms with Gasteiger partial charge < -0.3 is 4.42 Å². The highest BCUT2D eigenvalue weighted by molar-refractivity contribution is 7.98. The highest BCUT2D eigenvalue weighted by Gasteiger charge is 2.15. The molecule has 0 saturated carbocycles. The first-order valence-corrected chi connectivity index (χ1v) is 8.20. The van der Waals surface area contributed by atoms with Crippen molar-refractivity contribution in [3.8, 4) is 11.5 Å². The second-order valence-corrected chi connectivity index (χ2v) is 5.84. The standard InChI is InChI=1S/C14H11N3O2S2/c1-20-10-6-3-2-5-9(10)13-16-17-14(19-13)15-12(18)11-7-4-8-21-11/h2-8H,1H3,(H,15,17,18). The summed E-state index contributed by atoms with van der Waals surface area (Å²) < 4.78 is 5.52. The lowest BCUT2D eigenvalue weighted by atomic mass is 10.2. The smallest absolute Gasteiger partial charge is 0.322 e. The average molecular weight is 317 g/mol. The maximum atomic E-state index is 11.9. The molecule has 5 nitrogen and oxygen atoms in total. The van der Waals surface area contributed by atoms with E-state index in [1.165, 1.54) is 11.3 Å². The van der Waals surface area contributed by atoms with Gasteiger partial charge in [-0.3, -0.25) is 10.1 Å². The molecule has 0 aliphatic rings. The zero-order valence-electron chi connectivity index (χ0n) is 11.1. The third kappa shape index (κ3) is 2.98. The van der Waals surface area contributed by atoms with Crippen LogP contribution in [0, 0.1) is 0 Å². The summed E-state index contributed by atoms with van der Waals surface area (Å²) in [6.45, 7) is 0. The zero-order chi connectivity index (χ0) is 14.7. The molecule has 2 heterocycles. The maximum Gasteiger partial charge on any atom is 0.322 e. The number of thioether (sulfide) groups is 1. The number of benzene rings is 1. The minimum absolute atomic E-state index is 0.0966. The average Bonchev–Trinajstić information content (AvgIpc) is 3.18. The summed E-state index contributed by atoms with van der Waals surface area (Å²) in [5.41, 5.74) is 0.856. The number of aromatic nitrogens is 2. The molecule has 0 aliphatic heterocycles. The fraction of sp³-hybridized carbons (Fsp3) is 0.0714. The minimum Gasteiger partial charge on any atom is -0.403 e. The molecule has 2 aromatic heterocycles. The molecule has 3 aromatic rings. The number of thiophene rings is 1. The van der Waals surface area contributed by atoms with Crippen LogP contribution in [0.4, 0.5) is 6.01 Å². The summed E-state index contributed by atoms with van der Waals surface area (Å²) in [5, 5.41) is 12.3. The topological polar surface area (TPSA) is 68.0 Å². The monoisotopic (exact) mass is 317 g/mol. The van der Waals surface area contributed by atoms with Crippen LogP contribution in [0.2, 0.25) is 0 Å². The first-order valence-electron chi connectivity index (χ1n) is 6.09. The Morgan fingerprint density at radius 3 is 2.86 bits per heavy atom. The molecule has 0 saturated heterocycles. The lowest BCUT2D eigenvalue weighted by Crippen LogP contribution is -2.10. The van der Waals surface area contributed by atoms with Crippen LogP contribution in [0.3, 0.4) is 0 Å². The van der Waals surface area contributed by atoms with Gasteiger partial charge in [-0.05, 0) is 29.8 Å². The van der Waals surface area contributed by atoms with Crippen LogP contribution >= 0.6 is 23.1 Å². The minimum atomic E-state index is -0.252. The van der Waals surface area contributed by atoms with Gasteiger partial charge in [0.05, 0.1) is 10.4 Å². The highest BCUT2D eigenvalue weighted by atomic mass is 32.2. The van der Waals surface area contributed by atoms with Gasteiger partial charge in [-0.25, -0.2) is 0 Å². The van der Waals surface area contributed by atoms with E-state index in [9.17, 15) is 4.79 Å². The van der Waals surface area contributed by atoms with Gasteiger partial charge in [0.1, 0.15) is 0 Å². The SMILES string of the molecule is CSc1ccccc1-c1nnc(NC(=O)c2cccs2)o1. The molecule has 1 aromatic carbocycles. The Kier molecular flexibility index (Phi) is 4.03. The van der Waals surface area contributed by atoms with Gasteiger partial charge in [-0.1, -0.05) is 23.3 Å². The molecule has 7 heteroatoms. The first kappa shape index (κ1) is 13.8. The van der Waals surface area contributed by atoms with Crippen LogP contribution < -0.4 is 5.32 Å². The van der Waals surface area contributed by atoms with Gasteiger partial charge in [0, 0.05) is 4.90 Å². The van der Waals surface area contributed by atoms with Gasteiger partial charge in [0.2, 0.25) is 0 Å². The number of nitrogens with one attached hydrogen (secondary N) is 1. The number of rotatable bonds is 4. The maximum absolute atomic E-state index is 11.9. The molecular weight excluding hydrogens is 306 g/mol. The summed E-state index contributed by atoms with van der Waals surface area (Å²) in [5.74, 6) is 0.139. The van der Waals surface area contributed by atoms with E-state index in [1.54, 1.807) is 17.8 Å². The Bertz CT molecular complexity index is 753. The van der Waals surface area contributed by atoms with Crippen molar-refractivity contribution in [1.82, 2.24) is 10.2 Å². The molecule has 0 bridgehead atoms. The molecule has 1 N–H and O–H groups in total. The Morgan fingerprint density at radius 1 is 1.24 bits per heavy atom. The number of nitrogens with zero attached hydrogens (tertiary/aromatic N) is 2. The van der Waals surface area contributed by atoms with Gasteiger partial charge in [-0.15, -0.1) is 28.2 Å². The number of anilines is 1. The van der Waals surface area contributed by atoms with Crippen LogP contribution in [-0.4, -0.2) is 22.4 Å². The van der Waals surface area contributed by atoms with E-state index in [1.807, 2.05) is 42.0 Å². The van der Waals surface area contributed by atoms with Crippen LogP contribution in [0.5, 0.6) is 0 Å². The van der Waals surface area contributed by atoms with Crippen LogP contribution in [0.15, 0.2) is 51.1 Å². The van der Waals surface area contributed by atoms with Crippen LogP contribution in [-0.2, 0) is 0 Å². The molecule has 1 amide bonds.